The lowest BCUT2D eigenvalue weighted by molar-refractivity contribution is 1.18. The van der Waals surface area contributed by atoms with E-state index >= 15 is 0 Å². The highest BCUT2D eigenvalue weighted by atomic mass is 15.1. The van der Waals surface area contributed by atoms with Crippen molar-refractivity contribution in [3.8, 4) is 50.2 Å². The minimum absolute atomic E-state index is 1.09. The molecule has 1 aromatic heterocycles. The number of hydrogen-bond donors (Lipinski definition) is 0. The van der Waals surface area contributed by atoms with E-state index in [9.17, 15) is 0 Å². The molecular weight excluding hydrogens is 677 g/mol. The van der Waals surface area contributed by atoms with Gasteiger partial charge in [-0.25, -0.2) is 0 Å². The van der Waals surface area contributed by atoms with Crippen molar-refractivity contribution in [2.24, 2.45) is 0 Å². The standard InChI is InChI=1S/C54H38N2/c1-4-17-39(18-5-1)41-31-35-44(36-32-41)55(45-37-33-42(34-38-45)40-19-6-2-7-20-40)51-28-14-12-25-48(51)46-23-10-11-24-47(46)49-27-16-30-53-54(49)50-26-13-15-29-52(50)56(53)43-21-8-3-9-22-43/h1-38H. The Morgan fingerprint density at radius 3 is 1.32 bits per heavy atom. The predicted molar refractivity (Wildman–Crippen MR) is 237 cm³/mol. The maximum Gasteiger partial charge on any atom is 0.0547 e. The van der Waals surface area contributed by atoms with Crippen molar-refractivity contribution in [1.29, 1.82) is 0 Å². The van der Waals surface area contributed by atoms with Crippen molar-refractivity contribution in [3.63, 3.8) is 0 Å². The van der Waals surface area contributed by atoms with Crippen molar-refractivity contribution in [2.75, 3.05) is 4.90 Å². The van der Waals surface area contributed by atoms with E-state index in [1.165, 1.54) is 60.8 Å². The molecule has 0 aliphatic carbocycles. The van der Waals surface area contributed by atoms with Crippen LogP contribution in [-0.4, -0.2) is 4.57 Å². The number of anilines is 3. The summed E-state index contributed by atoms with van der Waals surface area (Å²) in [7, 11) is 0. The van der Waals surface area contributed by atoms with Gasteiger partial charge < -0.3 is 9.47 Å². The molecule has 1 heterocycles. The van der Waals surface area contributed by atoms with Crippen molar-refractivity contribution in [2.45, 2.75) is 0 Å². The van der Waals surface area contributed by atoms with E-state index < -0.39 is 0 Å². The van der Waals surface area contributed by atoms with Gasteiger partial charge in [0.15, 0.2) is 0 Å². The van der Waals surface area contributed by atoms with Gasteiger partial charge in [0.25, 0.3) is 0 Å². The van der Waals surface area contributed by atoms with Gasteiger partial charge in [0.2, 0.25) is 0 Å². The molecule has 2 nitrogen and oxygen atoms in total. The van der Waals surface area contributed by atoms with Crippen LogP contribution in [0.15, 0.2) is 231 Å². The number of benzene rings is 9. The predicted octanol–water partition coefficient (Wildman–Crippen LogP) is 14.9. The fourth-order valence-electron chi connectivity index (χ4n) is 8.24. The van der Waals surface area contributed by atoms with Crippen molar-refractivity contribution in [1.82, 2.24) is 4.57 Å². The summed E-state index contributed by atoms with van der Waals surface area (Å²) >= 11 is 0. The quantitative estimate of drug-likeness (QED) is 0.152. The minimum Gasteiger partial charge on any atom is -0.310 e. The van der Waals surface area contributed by atoms with Gasteiger partial charge in [0, 0.05) is 33.4 Å². The van der Waals surface area contributed by atoms with E-state index in [0.717, 1.165) is 28.3 Å². The Morgan fingerprint density at radius 1 is 0.286 bits per heavy atom. The summed E-state index contributed by atoms with van der Waals surface area (Å²) in [6.45, 7) is 0. The van der Waals surface area contributed by atoms with Gasteiger partial charge in [-0.2, -0.15) is 0 Å². The minimum atomic E-state index is 1.09. The maximum absolute atomic E-state index is 2.40. The largest absolute Gasteiger partial charge is 0.310 e. The summed E-state index contributed by atoms with van der Waals surface area (Å²) in [4.78, 5) is 2.40. The van der Waals surface area contributed by atoms with E-state index in [0.29, 0.717) is 0 Å². The van der Waals surface area contributed by atoms with Crippen LogP contribution in [0.25, 0.3) is 72.0 Å². The van der Waals surface area contributed by atoms with E-state index in [4.69, 9.17) is 0 Å². The molecule has 0 saturated carbocycles. The van der Waals surface area contributed by atoms with Crippen LogP contribution in [0.4, 0.5) is 17.1 Å². The lowest BCUT2D eigenvalue weighted by Gasteiger charge is -2.29. The van der Waals surface area contributed by atoms with Crippen LogP contribution < -0.4 is 4.90 Å². The third-order valence-electron chi connectivity index (χ3n) is 10.8. The molecule has 0 fully saturated rings. The first-order chi connectivity index (χ1) is 27.8. The molecule has 0 saturated heterocycles. The fourth-order valence-corrected chi connectivity index (χ4v) is 8.24. The van der Waals surface area contributed by atoms with Crippen molar-refractivity contribution >= 4 is 38.9 Å². The number of fused-ring (bicyclic) bond motifs is 3. The summed E-state index contributed by atoms with van der Waals surface area (Å²) in [6, 6.07) is 83.0. The van der Waals surface area contributed by atoms with Crippen LogP contribution in [0, 0.1) is 0 Å². The first-order valence-electron chi connectivity index (χ1n) is 19.2. The second-order valence-electron chi connectivity index (χ2n) is 14.1. The number of para-hydroxylation sites is 3. The Bertz CT molecular complexity index is 2840. The molecule has 0 aliphatic heterocycles. The molecule has 0 atom stereocenters. The molecular formula is C54H38N2. The average molecular weight is 715 g/mol. The Hall–Kier alpha value is -7.42. The van der Waals surface area contributed by atoms with Crippen molar-refractivity contribution in [3.05, 3.63) is 231 Å². The summed E-state index contributed by atoms with van der Waals surface area (Å²) in [6.07, 6.45) is 0. The molecule has 0 spiro atoms. The molecule has 264 valence electrons. The highest BCUT2D eigenvalue weighted by Gasteiger charge is 2.22. The van der Waals surface area contributed by atoms with Crippen LogP contribution in [0.1, 0.15) is 0 Å². The topological polar surface area (TPSA) is 8.17 Å². The highest BCUT2D eigenvalue weighted by Crippen LogP contribution is 2.46. The van der Waals surface area contributed by atoms with Crippen LogP contribution >= 0.6 is 0 Å². The van der Waals surface area contributed by atoms with E-state index in [1.807, 2.05) is 0 Å². The van der Waals surface area contributed by atoms with Gasteiger partial charge >= 0.3 is 0 Å². The monoisotopic (exact) mass is 714 g/mol. The zero-order valence-corrected chi connectivity index (χ0v) is 30.8. The molecule has 9 aromatic carbocycles. The molecule has 56 heavy (non-hydrogen) atoms. The van der Waals surface area contributed by atoms with E-state index in [2.05, 4.69) is 240 Å². The van der Waals surface area contributed by atoms with Gasteiger partial charge in [-0.1, -0.05) is 176 Å². The molecule has 0 aliphatic rings. The van der Waals surface area contributed by atoms with Gasteiger partial charge in [-0.15, -0.1) is 0 Å². The molecule has 10 aromatic rings. The van der Waals surface area contributed by atoms with Gasteiger partial charge in [0.1, 0.15) is 0 Å². The molecule has 0 N–H and O–H groups in total. The smallest absolute Gasteiger partial charge is 0.0547 e. The van der Waals surface area contributed by atoms with E-state index in [1.54, 1.807) is 0 Å². The van der Waals surface area contributed by atoms with Crippen molar-refractivity contribution < 1.29 is 0 Å². The molecule has 0 unspecified atom stereocenters. The maximum atomic E-state index is 2.40. The molecule has 0 bridgehead atoms. The molecule has 0 amide bonds. The summed E-state index contributed by atoms with van der Waals surface area (Å²) in [5, 5.41) is 2.49. The first kappa shape index (κ1) is 33.2. The third-order valence-corrected chi connectivity index (χ3v) is 10.8. The lowest BCUT2D eigenvalue weighted by Crippen LogP contribution is -2.11. The Kier molecular flexibility index (Phi) is 8.55. The molecule has 2 heteroatoms. The summed E-state index contributed by atoms with van der Waals surface area (Å²) in [5.41, 5.74) is 16.4. The second-order valence-corrected chi connectivity index (χ2v) is 14.1. The number of rotatable bonds is 8. The Balaban J connectivity index is 1.16. The van der Waals surface area contributed by atoms with E-state index in [-0.39, 0.29) is 0 Å². The van der Waals surface area contributed by atoms with Gasteiger partial charge in [0.05, 0.1) is 16.7 Å². The fraction of sp³-hybridized carbons (Fsp3) is 0. The zero-order chi connectivity index (χ0) is 37.3. The van der Waals surface area contributed by atoms with Crippen LogP contribution in [0.3, 0.4) is 0 Å². The molecule has 10 rings (SSSR count). The Morgan fingerprint density at radius 2 is 0.714 bits per heavy atom. The second kappa shape index (κ2) is 14.4. The normalized spacial score (nSPS) is 11.2. The zero-order valence-electron chi connectivity index (χ0n) is 30.8. The molecule has 0 radical (unpaired) electrons. The highest BCUT2D eigenvalue weighted by molar-refractivity contribution is 6.17. The van der Waals surface area contributed by atoms with Gasteiger partial charge in [-0.05, 0) is 93.5 Å². The number of nitrogens with zero attached hydrogens (tertiary/aromatic N) is 2. The lowest BCUT2D eigenvalue weighted by atomic mass is 9.90. The number of aromatic nitrogens is 1. The average Bonchev–Trinajstić information content (AvgIpc) is 3.63. The first-order valence-corrected chi connectivity index (χ1v) is 19.2. The third kappa shape index (κ3) is 5.95. The summed E-state index contributed by atoms with van der Waals surface area (Å²) < 4.78 is 2.39. The Labute approximate surface area is 327 Å². The summed E-state index contributed by atoms with van der Waals surface area (Å²) in [5.74, 6) is 0. The van der Waals surface area contributed by atoms with Crippen LogP contribution in [0.5, 0.6) is 0 Å². The van der Waals surface area contributed by atoms with Gasteiger partial charge in [-0.3, -0.25) is 0 Å². The van der Waals surface area contributed by atoms with Crippen LogP contribution in [0.2, 0.25) is 0 Å². The van der Waals surface area contributed by atoms with Crippen LogP contribution in [-0.2, 0) is 0 Å². The SMILES string of the molecule is c1ccc(-c2ccc(N(c3ccc(-c4ccccc4)cc3)c3ccccc3-c3ccccc3-c3cccc4c3c3ccccc3n4-c3ccccc3)cc2)cc1. The number of hydrogen-bond acceptors (Lipinski definition) is 1.